The molecule has 0 saturated carbocycles. The van der Waals surface area contributed by atoms with Gasteiger partial charge in [-0.3, -0.25) is 13.8 Å². The van der Waals surface area contributed by atoms with Gasteiger partial charge in [0.25, 0.3) is 5.91 Å². The van der Waals surface area contributed by atoms with Gasteiger partial charge >= 0.3 is 16.3 Å². The second-order valence-corrected chi connectivity index (χ2v) is 9.91. The van der Waals surface area contributed by atoms with Crippen molar-refractivity contribution in [3.05, 3.63) is 34.9 Å². The molecular weight excluding hydrogens is 492 g/mol. The molecule has 6 unspecified atom stereocenters. The first-order valence-corrected chi connectivity index (χ1v) is 12.6. The molecule has 1 fully saturated rings. The predicted octanol–water partition coefficient (Wildman–Crippen LogP) is 0.0560. The van der Waals surface area contributed by atoms with Crippen molar-refractivity contribution < 1.29 is 41.9 Å². The quantitative estimate of drug-likeness (QED) is 0.274. The summed E-state index contributed by atoms with van der Waals surface area (Å²) in [5.41, 5.74) is 6.42. The van der Waals surface area contributed by atoms with Crippen LogP contribution in [0.2, 0.25) is 5.02 Å². The van der Waals surface area contributed by atoms with Crippen molar-refractivity contribution >= 4 is 33.8 Å². The van der Waals surface area contributed by atoms with E-state index in [0.717, 1.165) is 5.56 Å². The Morgan fingerprint density at radius 3 is 2.44 bits per heavy atom. The zero-order chi connectivity index (χ0) is 25.5. The number of nitrogens with two attached hydrogens (primary N) is 1. The highest BCUT2D eigenvalue weighted by Crippen LogP contribution is 2.24. The number of carbonyl (C=O) groups excluding carboxylic acids is 2. The van der Waals surface area contributed by atoms with E-state index in [0.29, 0.717) is 11.4 Å². The van der Waals surface area contributed by atoms with Crippen LogP contribution in [0.15, 0.2) is 24.3 Å². The van der Waals surface area contributed by atoms with E-state index in [4.69, 9.17) is 31.0 Å². The van der Waals surface area contributed by atoms with Crippen molar-refractivity contribution in [3.63, 3.8) is 0 Å². The molecule has 0 spiro atoms. The van der Waals surface area contributed by atoms with Crippen LogP contribution in [0.3, 0.4) is 0 Å². The summed E-state index contributed by atoms with van der Waals surface area (Å²) in [5, 5.41) is 20.9. The van der Waals surface area contributed by atoms with Crippen LogP contribution in [0.1, 0.15) is 32.3 Å². The number of esters is 1. The molecule has 6 atom stereocenters. The molecule has 2 rings (SSSR count). The molecule has 1 aliphatic rings. The highest BCUT2D eigenvalue weighted by atomic mass is 35.5. The zero-order valence-electron chi connectivity index (χ0n) is 18.9. The van der Waals surface area contributed by atoms with Crippen LogP contribution in [0.5, 0.6) is 0 Å². The van der Waals surface area contributed by atoms with E-state index in [9.17, 15) is 28.2 Å². The molecule has 1 amide bonds. The van der Waals surface area contributed by atoms with E-state index in [1.54, 1.807) is 35.9 Å². The third-order valence-corrected chi connectivity index (χ3v) is 6.71. The minimum Gasteiger partial charge on any atom is -0.465 e. The third-order valence-electron chi connectivity index (χ3n) is 5.56. The van der Waals surface area contributed by atoms with Crippen LogP contribution in [0.25, 0.3) is 0 Å². The Balaban J connectivity index is 1.77. The number of carbonyl (C=O) groups is 2. The summed E-state index contributed by atoms with van der Waals surface area (Å²) in [7, 11) is -4.50. The molecule has 5 N–H and O–H groups in total. The normalized spacial score (nSPS) is 24.4. The molecular formula is C21H31ClN2O9S. The number of aliphatic hydroxyl groups excluding tert-OH is 2. The van der Waals surface area contributed by atoms with Gasteiger partial charge in [-0.15, -0.1) is 0 Å². The molecule has 0 radical (unpaired) electrons. The lowest BCUT2D eigenvalue weighted by Gasteiger charge is -2.18. The van der Waals surface area contributed by atoms with Gasteiger partial charge in [0, 0.05) is 11.4 Å². The molecule has 34 heavy (non-hydrogen) atoms. The maximum Gasteiger partial charge on any atom is 0.362 e. The maximum absolute atomic E-state index is 12.0. The van der Waals surface area contributed by atoms with Crippen molar-refractivity contribution in [2.24, 2.45) is 11.7 Å². The molecule has 1 saturated heterocycles. The maximum atomic E-state index is 12.0. The smallest absolute Gasteiger partial charge is 0.362 e. The lowest BCUT2D eigenvalue weighted by Crippen LogP contribution is -2.47. The Hall–Kier alpha value is -1.80. The van der Waals surface area contributed by atoms with Crippen LogP contribution in [-0.4, -0.2) is 74.2 Å². The fourth-order valence-corrected chi connectivity index (χ4v) is 4.08. The van der Waals surface area contributed by atoms with Gasteiger partial charge in [0.2, 0.25) is 0 Å². The number of benzene rings is 1. The second kappa shape index (κ2) is 12.8. The fourth-order valence-electron chi connectivity index (χ4n) is 3.20. The first-order valence-electron chi connectivity index (χ1n) is 10.8. The van der Waals surface area contributed by atoms with Gasteiger partial charge in [0.05, 0.1) is 31.8 Å². The topological polar surface area (TPSA) is 174 Å². The molecule has 0 aliphatic carbocycles. The summed E-state index contributed by atoms with van der Waals surface area (Å²) in [5.74, 6) is -1.65. The largest absolute Gasteiger partial charge is 0.465 e. The van der Waals surface area contributed by atoms with Crippen molar-refractivity contribution in [2.45, 2.75) is 63.6 Å². The molecule has 1 heterocycles. The Kier molecular flexibility index (Phi) is 10.7. The molecule has 1 aromatic carbocycles. The average molecular weight is 523 g/mol. The number of hydrogen-bond acceptors (Lipinski definition) is 10. The van der Waals surface area contributed by atoms with Crippen LogP contribution in [0.4, 0.5) is 0 Å². The number of rotatable bonds is 12. The molecule has 13 heteroatoms. The third kappa shape index (κ3) is 8.45. The molecule has 192 valence electrons. The highest BCUT2D eigenvalue weighted by molar-refractivity contribution is 7.85. The average Bonchev–Trinajstić information content (AvgIpc) is 3.06. The summed E-state index contributed by atoms with van der Waals surface area (Å²) in [6.45, 7) is 2.78. The van der Waals surface area contributed by atoms with E-state index >= 15 is 0 Å². The van der Waals surface area contributed by atoms with Crippen LogP contribution in [0, 0.1) is 5.92 Å². The van der Waals surface area contributed by atoms with Crippen LogP contribution >= 0.6 is 11.6 Å². The van der Waals surface area contributed by atoms with E-state index in [1.165, 1.54) is 0 Å². The van der Waals surface area contributed by atoms with Crippen molar-refractivity contribution in [1.29, 1.82) is 0 Å². The van der Waals surface area contributed by atoms with Crippen molar-refractivity contribution in [2.75, 3.05) is 13.2 Å². The van der Waals surface area contributed by atoms with Gasteiger partial charge < -0.3 is 25.4 Å². The van der Waals surface area contributed by atoms with Crippen molar-refractivity contribution in [1.82, 2.24) is 4.72 Å². The van der Waals surface area contributed by atoms with Gasteiger partial charge in [-0.25, -0.2) is 4.72 Å². The van der Waals surface area contributed by atoms with E-state index < -0.39 is 59.2 Å². The minimum atomic E-state index is -4.50. The lowest BCUT2D eigenvalue weighted by molar-refractivity contribution is -0.144. The second-order valence-electron chi connectivity index (χ2n) is 8.12. The van der Waals surface area contributed by atoms with E-state index in [-0.39, 0.29) is 25.4 Å². The monoisotopic (exact) mass is 522 g/mol. The van der Waals surface area contributed by atoms with Crippen molar-refractivity contribution in [3.8, 4) is 0 Å². The van der Waals surface area contributed by atoms with Crippen LogP contribution in [-0.2, 0) is 40.0 Å². The standard InChI is InChI=1S/C21H31ClN2O9S/c1-3-12(2)18(23)21(28)24-34(29,30)32-11-16-20(27)19(26)15(33-16)8-9-31-17(25)10-13-4-6-14(22)7-5-13/h4-7,12,15-16,18-20,26-27H,3,8-11,23H2,1-2H3,(H,24,28). The van der Waals surface area contributed by atoms with E-state index in [2.05, 4.69) is 0 Å². The summed E-state index contributed by atoms with van der Waals surface area (Å²) < 4.78 is 41.1. The number of amides is 1. The predicted molar refractivity (Wildman–Crippen MR) is 122 cm³/mol. The molecule has 0 bridgehead atoms. The first kappa shape index (κ1) is 28.4. The summed E-state index contributed by atoms with van der Waals surface area (Å²) in [6.07, 6.45) is -4.21. The Morgan fingerprint density at radius 2 is 1.82 bits per heavy atom. The SMILES string of the molecule is CCC(C)C(N)C(=O)NS(=O)(=O)OCC1OC(CCOC(=O)Cc2ccc(Cl)cc2)C(O)C1O. The fraction of sp³-hybridized carbons (Fsp3) is 0.619. The van der Waals surface area contributed by atoms with Crippen LogP contribution < -0.4 is 10.5 Å². The first-order chi connectivity index (χ1) is 15.9. The summed E-state index contributed by atoms with van der Waals surface area (Å²) in [4.78, 5) is 23.9. The Morgan fingerprint density at radius 1 is 1.21 bits per heavy atom. The lowest BCUT2D eigenvalue weighted by atomic mass is 10.00. The minimum absolute atomic E-state index is 0.0363. The number of halogens is 1. The zero-order valence-corrected chi connectivity index (χ0v) is 20.5. The molecule has 1 aromatic rings. The van der Waals surface area contributed by atoms with Gasteiger partial charge in [0.1, 0.15) is 18.3 Å². The number of aliphatic hydroxyl groups is 2. The van der Waals surface area contributed by atoms with Gasteiger partial charge in [-0.1, -0.05) is 44.0 Å². The highest BCUT2D eigenvalue weighted by Gasteiger charge is 2.43. The summed E-state index contributed by atoms with van der Waals surface area (Å²) >= 11 is 5.80. The van der Waals surface area contributed by atoms with Gasteiger partial charge in [0.15, 0.2) is 0 Å². The molecule has 0 aromatic heterocycles. The van der Waals surface area contributed by atoms with Gasteiger partial charge in [-0.05, 0) is 23.6 Å². The number of hydrogen-bond donors (Lipinski definition) is 4. The Labute approximate surface area is 203 Å². The summed E-state index contributed by atoms with van der Waals surface area (Å²) in [6, 6.07) is 5.67. The van der Waals surface area contributed by atoms with E-state index in [1.807, 2.05) is 6.92 Å². The molecule has 1 aliphatic heterocycles. The molecule has 11 nitrogen and oxygen atoms in total. The number of nitrogens with one attached hydrogen (secondary N) is 1. The van der Waals surface area contributed by atoms with Gasteiger partial charge in [-0.2, -0.15) is 8.42 Å². The number of ether oxygens (including phenoxy) is 2. The Bertz CT molecular complexity index is 929.